The first kappa shape index (κ1) is 19.4. The number of nitrogens with one attached hydrogen (secondary N) is 1. The Kier molecular flexibility index (Phi) is 6.32. The van der Waals surface area contributed by atoms with E-state index >= 15 is 0 Å². The van der Waals surface area contributed by atoms with Gasteiger partial charge in [0.25, 0.3) is 0 Å². The van der Waals surface area contributed by atoms with Crippen LogP contribution in [-0.4, -0.2) is 53.3 Å². The Hall–Kier alpha value is -2.90. The molecule has 0 saturated heterocycles. The number of carboxylic acid groups (broad SMARTS) is 1. The van der Waals surface area contributed by atoms with Gasteiger partial charge in [-0.2, -0.15) is 0 Å². The molecule has 4 N–H and O–H groups in total. The summed E-state index contributed by atoms with van der Waals surface area (Å²) >= 11 is 0. The summed E-state index contributed by atoms with van der Waals surface area (Å²) < 4.78 is 0. The van der Waals surface area contributed by atoms with E-state index in [9.17, 15) is 19.2 Å². The van der Waals surface area contributed by atoms with Gasteiger partial charge in [-0.3, -0.25) is 19.2 Å². The van der Waals surface area contributed by atoms with Crippen molar-refractivity contribution in [3.05, 3.63) is 35.4 Å². The number of rotatable bonds is 8. The highest BCUT2D eigenvalue weighted by Gasteiger charge is 2.30. The number of fused-ring (bicyclic) bond motifs is 1. The van der Waals surface area contributed by atoms with Gasteiger partial charge in [0, 0.05) is 19.4 Å². The number of benzene rings is 1. The molecule has 0 bridgehead atoms. The molecule has 0 heterocycles. The quantitative estimate of drug-likeness (QED) is 0.585. The molecule has 26 heavy (non-hydrogen) atoms. The third-order valence-corrected chi connectivity index (χ3v) is 4.48. The first-order valence-corrected chi connectivity index (χ1v) is 8.40. The van der Waals surface area contributed by atoms with E-state index in [1.807, 2.05) is 24.3 Å². The Balaban J connectivity index is 1.87. The maximum atomic E-state index is 12.6. The fourth-order valence-corrected chi connectivity index (χ4v) is 3.13. The average Bonchev–Trinajstić information content (AvgIpc) is 3.01. The summed E-state index contributed by atoms with van der Waals surface area (Å²) in [5.74, 6) is -2.79. The molecule has 8 nitrogen and oxygen atoms in total. The van der Waals surface area contributed by atoms with Crippen LogP contribution in [0.1, 0.15) is 24.0 Å². The third-order valence-electron chi connectivity index (χ3n) is 4.48. The van der Waals surface area contributed by atoms with Crippen LogP contribution in [0.4, 0.5) is 0 Å². The van der Waals surface area contributed by atoms with Crippen LogP contribution in [0.25, 0.3) is 0 Å². The van der Waals surface area contributed by atoms with Crippen LogP contribution < -0.4 is 11.1 Å². The van der Waals surface area contributed by atoms with Crippen molar-refractivity contribution < 1.29 is 24.3 Å². The first-order chi connectivity index (χ1) is 12.3. The van der Waals surface area contributed by atoms with Gasteiger partial charge in [0.15, 0.2) is 0 Å². The van der Waals surface area contributed by atoms with Gasteiger partial charge >= 0.3 is 5.97 Å². The number of nitrogens with two attached hydrogens (primary N) is 1. The fraction of sp³-hybridized carbons (Fsp3) is 0.444. The molecule has 0 aliphatic heterocycles. The lowest BCUT2D eigenvalue weighted by Crippen LogP contribution is -2.49. The van der Waals surface area contributed by atoms with Crippen molar-refractivity contribution in [2.75, 3.05) is 13.6 Å². The van der Waals surface area contributed by atoms with Crippen molar-refractivity contribution in [1.29, 1.82) is 0 Å². The second kappa shape index (κ2) is 8.46. The predicted octanol–water partition coefficient (Wildman–Crippen LogP) is -0.305. The van der Waals surface area contributed by atoms with E-state index in [1.54, 1.807) is 0 Å². The normalized spacial score (nSPS) is 14.3. The average molecular weight is 361 g/mol. The van der Waals surface area contributed by atoms with Gasteiger partial charge in [-0.1, -0.05) is 24.3 Å². The zero-order chi connectivity index (χ0) is 19.3. The van der Waals surface area contributed by atoms with Crippen LogP contribution >= 0.6 is 0 Å². The Bertz CT molecular complexity index is 694. The lowest BCUT2D eigenvalue weighted by Gasteiger charge is -2.22. The van der Waals surface area contributed by atoms with E-state index in [1.165, 1.54) is 11.9 Å². The molecule has 1 aromatic carbocycles. The fourth-order valence-electron chi connectivity index (χ4n) is 3.13. The molecular weight excluding hydrogens is 338 g/mol. The van der Waals surface area contributed by atoms with E-state index in [0.29, 0.717) is 12.8 Å². The van der Waals surface area contributed by atoms with E-state index in [0.717, 1.165) is 11.1 Å². The number of carboxylic acids is 1. The zero-order valence-corrected chi connectivity index (χ0v) is 14.6. The number of hydrogen-bond donors (Lipinski definition) is 3. The molecule has 0 aromatic heterocycles. The lowest BCUT2D eigenvalue weighted by molar-refractivity contribution is -0.138. The number of carbonyl (C=O) groups is 4. The Labute approximate surface area is 151 Å². The second-order valence-electron chi connectivity index (χ2n) is 6.52. The highest BCUT2D eigenvalue weighted by atomic mass is 16.4. The Morgan fingerprint density at radius 2 is 1.81 bits per heavy atom. The van der Waals surface area contributed by atoms with Crippen molar-refractivity contribution in [2.24, 2.45) is 11.7 Å². The van der Waals surface area contributed by atoms with Crippen LogP contribution in [0.5, 0.6) is 0 Å². The van der Waals surface area contributed by atoms with Crippen LogP contribution in [0.2, 0.25) is 0 Å². The van der Waals surface area contributed by atoms with Gasteiger partial charge < -0.3 is 21.1 Å². The SMILES string of the molecule is CN(CC(=O)NC(CCC(=O)O)C(N)=O)C(=O)C1Cc2ccccc2C1. The predicted molar refractivity (Wildman–Crippen MR) is 93.0 cm³/mol. The maximum absolute atomic E-state index is 12.6. The molecule has 140 valence electrons. The Morgan fingerprint density at radius 1 is 1.23 bits per heavy atom. The molecule has 1 aliphatic carbocycles. The molecule has 1 aliphatic rings. The summed E-state index contributed by atoms with van der Waals surface area (Å²) in [6.45, 7) is -0.220. The molecule has 0 spiro atoms. The van der Waals surface area contributed by atoms with Crippen LogP contribution in [0, 0.1) is 5.92 Å². The molecule has 1 atom stereocenters. The minimum atomic E-state index is -1.08. The summed E-state index contributed by atoms with van der Waals surface area (Å²) in [6.07, 6.45) is 0.905. The minimum Gasteiger partial charge on any atom is -0.481 e. The van der Waals surface area contributed by atoms with Crippen molar-refractivity contribution in [1.82, 2.24) is 10.2 Å². The number of likely N-dealkylation sites (N-methyl/N-ethyl adjacent to an activating group) is 1. The van der Waals surface area contributed by atoms with Crippen molar-refractivity contribution in [3.63, 3.8) is 0 Å². The third kappa shape index (κ3) is 5.05. The molecule has 0 fully saturated rings. The number of carbonyl (C=O) groups excluding carboxylic acids is 3. The van der Waals surface area contributed by atoms with Crippen molar-refractivity contribution in [2.45, 2.75) is 31.7 Å². The van der Waals surface area contributed by atoms with E-state index in [-0.39, 0.29) is 31.2 Å². The van der Waals surface area contributed by atoms with E-state index < -0.39 is 23.8 Å². The monoisotopic (exact) mass is 361 g/mol. The summed E-state index contributed by atoms with van der Waals surface area (Å²) in [7, 11) is 1.53. The molecular formula is C18H23N3O5. The molecule has 0 radical (unpaired) electrons. The smallest absolute Gasteiger partial charge is 0.303 e. The number of hydrogen-bond acceptors (Lipinski definition) is 4. The standard InChI is InChI=1S/C18H23N3O5/c1-21(10-15(22)20-14(17(19)25)6-7-16(23)24)18(26)13-8-11-4-2-3-5-12(11)9-13/h2-5,13-14H,6-10H2,1H3,(H2,19,25)(H,20,22)(H,23,24). The molecule has 1 aromatic rings. The summed E-state index contributed by atoms with van der Waals surface area (Å²) in [6, 6.07) is 6.79. The molecule has 1 unspecified atom stereocenters. The van der Waals surface area contributed by atoms with Crippen LogP contribution in [0.3, 0.4) is 0 Å². The summed E-state index contributed by atoms with van der Waals surface area (Å²) in [5, 5.41) is 11.1. The number of amides is 3. The number of nitrogens with zero attached hydrogens (tertiary/aromatic N) is 1. The van der Waals surface area contributed by atoms with Gasteiger partial charge in [0.1, 0.15) is 6.04 Å². The maximum Gasteiger partial charge on any atom is 0.303 e. The largest absolute Gasteiger partial charge is 0.481 e. The Morgan fingerprint density at radius 3 is 2.31 bits per heavy atom. The van der Waals surface area contributed by atoms with Crippen LogP contribution in [0.15, 0.2) is 24.3 Å². The second-order valence-corrected chi connectivity index (χ2v) is 6.52. The summed E-state index contributed by atoms with van der Waals surface area (Å²) in [5.41, 5.74) is 7.47. The number of primary amides is 1. The van der Waals surface area contributed by atoms with E-state index in [2.05, 4.69) is 5.32 Å². The zero-order valence-electron chi connectivity index (χ0n) is 14.6. The first-order valence-electron chi connectivity index (χ1n) is 8.40. The molecule has 3 amide bonds. The summed E-state index contributed by atoms with van der Waals surface area (Å²) in [4.78, 5) is 47.9. The van der Waals surface area contributed by atoms with Gasteiger partial charge in [0.2, 0.25) is 17.7 Å². The molecule has 8 heteroatoms. The molecule has 2 rings (SSSR count). The van der Waals surface area contributed by atoms with Gasteiger partial charge in [-0.15, -0.1) is 0 Å². The minimum absolute atomic E-state index is 0.0913. The highest BCUT2D eigenvalue weighted by Crippen LogP contribution is 2.27. The lowest BCUT2D eigenvalue weighted by atomic mass is 10.1. The number of aliphatic carboxylic acids is 1. The van der Waals surface area contributed by atoms with Crippen molar-refractivity contribution >= 4 is 23.7 Å². The van der Waals surface area contributed by atoms with Gasteiger partial charge in [0.05, 0.1) is 6.54 Å². The van der Waals surface area contributed by atoms with Gasteiger partial charge in [-0.05, 0) is 30.4 Å². The van der Waals surface area contributed by atoms with E-state index in [4.69, 9.17) is 10.8 Å². The topological polar surface area (TPSA) is 130 Å². The highest BCUT2D eigenvalue weighted by molar-refractivity contribution is 5.90. The van der Waals surface area contributed by atoms with Crippen molar-refractivity contribution in [3.8, 4) is 0 Å². The van der Waals surface area contributed by atoms with Crippen LogP contribution in [-0.2, 0) is 32.0 Å². The molecule has 0 saturated carbocycles. The van der Waals surface area contributed by atoms with Gasteiger partial charge in [-0.25, -0.2) is 0 Å².